The number of carbonyl (C=O) groups excluding carboxylic acids is 3. The Bertz CT molecular complexity index is 811. The predicted molar refractivity (Wildman–Crippen MR) is 218 cm³/mol. The second kappa shape index (κ2) is 45.9. The van der Waals surface area contributed by atoms with Crippen molar-refractivity contribution in [1.82, 2.24) is 16.0 Å². The maximum Gasteiger partial charge on any atom is 0.217 e. The molecule has 0 spiro atoms. The molecule has 0 rings (SSSR count). The van der Waals surface area contributed by atoms with Crippen molar-refractivity contribution < 1.29 is 43.1 Å². The summed E-state index contributed by atoms with van der Waals surface area (Å²) in [7, 11) is 0. The number of nitrogens with one attached hydrogen (secondary N) is 3. The standard InChI is InChI=1S/3C13H26N2O3/c3*1-4-12(2)11-17-9-5-6-10-18-15-8-7-14-13(3)16/h3*8,12H,4-7,9-11H2,1-3H3,(H,14,16)/b3*15-8-. The average molecular weight is 775 g/mol. The van der Waals surface area contributed by atoms with Crippen LogP contribution in [0, 0.1) is 17.8 Å². The van der Waals surface area contributed by atoms with Gasteiger partial charge in [0.25, 0.3) is 0 Å². The maximum atomic E-state index is 10.5. The predicted octanol–water partition coefficient (Wildman–Crippen LogP) is 5.90. The molecule has 3 atom stereocenters. The number of hydrogen-bond acceptors (Lipinski definition) is 12. The normalized spacial score (nSPS) is 12.6. The smallest absolute Gasteiger partial charge is 0.217 e. The van der Waals surface area contributed by atoms with Crippen molar-refractivity contribution in [2.24, 2.45) is 33.2 Å². The van der Waals surface area contributed by atoms with E-state index in [1.807, 2.05) is 0 Å². The van der Waals surface area contributed by atoms with Crippen molar-refractivity contribution in [3.05, 3.63) is 0 Å². The summed E-state index contributed by atoms with van der Waals surface area (Å²) in [6, 6.07) is 0. The second-order valence-electron chi connectivity index (χ2n) is 13.1. The van der Waals surface area contributed by atoms with Crippen LogP contribution in [0.5, 0.6) is 0 Å². The minimum absolute atomic E-state index is 0.0695. The van der Waals surface area contributed by atoms with Crippen molar-refractivity contribution in [2.45, 2.75) is 120 Å². The van der Waals surface area contributed by atoms with Crippen molar-refractivity contribution in [1.29, 1.82) is 0 Å². The number of unbranched alkanes of at least 4 members (excludes halogenated alkanes) is 3. The molecule has 3 unspecified atom stereocenters. The van der Waals surface area contributed by atoms with E-state index in [0.717, 1.165) is 97.4 Å². The highest BCUT2D eigenvalue weighted by Gasteiger charge is 2.00. The van der Waals surface area contributed by atoms with Crippen molar-refractivity contribution >= 4 is 36.4 Å². The zero-order valence-corrected chi connectivity index (χ0v) is 35.3. The van der Waals surface area contributed by atoms with Gasteiger partial charge in [0.05, 0.1) is 38.3 Å². The lowest BCUT2D eigenvalue weighted by Crippen LogP contribution is -2.21. The Morgan fingerprint density at radius 3 is 0.926 bits per heavy atom. The summed E-state index contributed by atoms with van der Waals surface area (Å²) >= 11 is 0. The molecule has 0 heterocycles. The number of rotatable bonds is 33. The minimum atomic E-state index is -0.0695. The number of oxime groups is 3. The van der Waals surface area contributed by atoms with E-state index in [-0.39, 0.29) is 17.7 Å². The molecule has 0 saturated carbocycles. The van der Waals surface area contributed by atoms with Crippen LogP contribution in [0.25, 0.3) is 0 Å². The van der Waals surface area contributed by atoms with E-state index in [1.54, 1.807) is 18.6 Å². The molecule has 0 bridgehead atoms. The van der Waals surface area contributed by atoms with Gasteiger partial charge in [-0.2, -0.15) is 0 Å². The first-order valence-corrected chi connectivity index (χ1v) is 19.9. The molecule has 0 aromatic rings. The molecule has 0 aromatic heterocycles. The first-order valence-electron chi connectivity index (χ1n) is 19.9. The Morgan fingerprint density at radius 2 is 0.704 bits per heavy atom. The van der Waals surface area contributed by atoms with Crippen LogP contribution in [0.4, 0.5) is 0 Å². The van der Waals surface area contributed by atoms with Crippen molar-refractivity contribution in [2.75, 3.05) is 79.1 Å². The van der Waals surface area contributed by atoms with Crippen LogP contribution in [-0.4, -0.2) is 115 Å². The van der Waals surface area contributed by atoms with Crippen molar-refractivity contribution in [3.63, 3.8) is 0 Å². The quantitative estimate of drug-likeness (QED) is 0.0416. The van der Waals surface area contributed by atoms with Gasteiger partial charge in [0.15, 0.2) is 0 Å². The molecule has 3 N–H and O–H groups in total. The summed E-state index contributed by atoms with van der Waals surface area (Å²) in [4.78, 5) is 46.6. The van der Waals surface area contributed by atoms with Gasteiger partial charge in [-0.05, 0) is 56.3 Å². The second-order valence-corrected chi connectivity index (χ2v) is 13.1. The SMILES string of the molecule is CCC(C)COCCCCO/N=C\CNC(C)=O.CCC(C)COCCCCO/N=C\CNC(C)=O.CCC(C)COCCCCO/N=C\CNC(C)=O. The van der Waals surface area contributed by atoms with Gasteiger partial charge in [-0.1, -0.05) is 76.3 Å². The molecule has 0 aliphatic carbocycles. The Kier molecular flexibility index (Phi) is 46.7. The highest BCUT2D eigenvalue weighted by atomic mass is 16.6. The summed E-state index contributed by atoms with van der Waals surface area (Å²) in [5, 5.41) is 18.9. The number of hydrogen-bond donors (Lipinski definition) is 3. The van der Waals surface area contributed by atoms with Crippen LogP contribution < -0.4 is 16.0 Å². The molecular weight excluding hydrogens is 696 g/mol. The number of amides is 3. The molecule has 318 valence electrons. The lowest BCUT2D eigenvalue weighted by atomic mass is 10.1. The summed E-state index contributed by atoms with van der Waals surface area (Å²) < 4.78 is 16.5. The number of nitrogens with zero attached hydrogens (tertiary/aromatic N) is 3. The molecular formula is C39H78N6O9. The van der Waals surface area contributed by atoms with Gasteiger partial charge in [0.2, 0.25) is 17.7 Å². The fourth-order valence-electron chi connectivity index (χ4n) is 3.32. The fraction of sp³-hybridized carbons (Fsp3) is 0.846. The Hall–Kier alpha value is -3.30. The molecule has 0 saturated heterocycles. The molecule has 15 nitrogen and oxygen atoms in total. The molecule has 54 heavy (non-hydrogen) atoms. The van der Waals surface area contributed by atoms with Crippen molar-refractivity contribution in [3.8, 4) is 0 Å². The summed E-state index contributed by atoms with van der Waals surface area (Å²) in [5.41, 5.74) is 0. The Morgan fingerprint density at radius 1 is 0.463 bits per heavy atom. The van der Waals surface area contributed by atoms with Gasteiger partial charge in [0, 0.05) is 60.4 Å². The third-order valence-electron chi connectivity index (χ3n) is 7.39. The van der Waals surface area contributed by atoms with E-state index >= 15 is 0 Å². The third-order valence-corrected chi connectivity index (χ3v) is 7.39. The number of carbonyl (C=O) groups is 3. The van der Waals surface area contributed by atoms with Crippen LogP contribution in [0.1, 0.15) is 120 Å². The lowest BCUT2D eigenvalue weighted by Gasteiger charge is -2.08. The third kappa shape index (κ3) is 55.5. The molecule has 3 amide bonds. The maximum absolute atomic E-state index is 10.5. The molecule has 0 radical (unpaired) electrons. The Labute approximate surface area is 327 Å². The highest BCUT2D eigenvalue weighted by molar-refractivity contribution is 5.77. The zero-order chi connectivity index (χ0) is 40.9. The van der Waals surface area contributed by atoms with Crippen LogP contribution in [-0.2, 0) is 43.1 Å². The largest absolute Gasteiger partial charge is 0.396 e. The monoisotopic (exact) mass is 775 g/mol. The van der Waals surface area contributed by atoms with Gasteiger partial charge in [-0.15, -0.1) is 0 Å². The lowest BCUT2D eigenvalue weighted by molar-refractivity contribution is -0.119. The van der Waals surface area contributed by atoms with Crippen LogP contribution in [0.2, 0.25) is 0 Å². The average Bonchev–Trinajstić information content (AvgIpc) is 3.14. The van der Waals surface area contributed by atoms with E-state index in [1.165, 1.54) is 20.8 Å². The molecule has 15 heteroatoms. The van der Waals surface area contributed by atoms with Crippen LogP contribution in [0.15, 0.2) is 15.5 Å². The van der Waals surface area contributed by atoms with Gasteiger partial charge < -0.3 is 44.7 Å². The Balaban J connectivity index is -0.000000722. The van der Waals surface area contributed by atoms with E-state index in [4.69, 9.17) is 28.7 Å². The summed E-state index contributed by atoms with van der Waals surface area (Å²) in [5.74, 6) is 1.71. The van der Waals surface area contributed by atoms with Gasteiger partial charge in [-0.25, -0.2) is 0 Å². The van der Waals surface area contributed by atoms with E-state index in [9.17, 15) is 14.4 Å². The molecule has 0 fully saturated rings. The van der Waals surface area contributed by atoms with E-state index < -0.39 is 0 Å². The van der Waals surface area contributed by atoms with Crippen LogP contribution in [0.3, 0.4) is 0 Å². The van der Waals surface area contributed by atoms with Gasteiger partial charge >= 0.3 is 0 Å². The topological polar surface area (TPSA) is 180 Å². The minimum Gasteiger partial charge on any atom is -0.396 e. The fourth-order valence-corrected chi connectivity index (χ4v) is 3.32. The summed E-state index contributed by atoms with van der Waals surface area (Å²) in [6.45, 7) is 25.3. The van der Waals surface area contributed by atoms with Gasteiger partial charge in [-0.3, -0.25) is 14.4 Å². The molecule has 0 aromatic carbocycles. The first kappa shape index (κ1) is 55.0. The summed E-state index contributed by atoms with van der Waals surface area (Å²) in [6.07, 6.45) is 13.8. The number of ether oxygens (including phenoxy) is 3. The van der Waals surface area contributed by atoms with Gasteiger partial charge in [0.1, 0.15) is 19.8 Å². The molecule has 0 aliphatic heterocycles. The molecule has 0 aliphatic rings. The van der Waals surface area contributed by atoms with E-state index in [0.29, 0.717) is 57.2 Å². The van der Waals surface area contributed by atoms with Crippen LogP contribution >= 0.6 is 0 Å². The first-order chi connectivity index (χ1) is 26.0. The highest BCUT2D eigenvalue weighted by Crippen LogP contribution is 2.03. The zero-order valence-electron chi connectivity index (χ0n) is 35.3. The van der Waals surface area contributed by atoms with E-state index in [2.05, 4.69) is 73.0 Å².